The lowest BCUT2D eigenvalue weighted by Gasteiger charge is -2.24. The Labute approximate surface area is 114 Å². The highest BCUT2D eigenvalue weighted by atomic mass is 16.2. The lowest BCUT2D eigenvalue weighted by Crippen LogP contribution is -2.43. The molecule has 1 aliphatic rings. The summed E-state index contributed by atoms with van der Waals surface area (Å²) in [6.07, 6.45) is 1.97. The van der Waals surface area contributed by atoms with E-state index in [1.54, 1.807) is 6.07 Å². The number of nitrogens with one attached hydrogen (secondary N) is 1. The topological polar surface area (TPSA) is 56.1 Å². The van der Waals surface area contributed by atoms with Crippen molar-refractivity contribution in [2.75, 3.05) is 13.1 Å². The summed E-state index contributed by atoms with van der Waals surface area (Å²) in [5, 5.41) is 12.3. The van der Waals surface area contributed by atoms with Gasteiger partial charge in [-0.1, -0.05) is 18.2 Å². The van der Waals surface area contributed by atoms with Gasteiger partial charge in [-0.2, -0.15) is 5.26 Å². The van der Waals surface area contributed by atoms with Gasteiger partial charge < -0.3 is 10.2 Å². The van der Waals surface area contributed by atoms with Gasteiger partial charge >= 0.3 is 0 Å². The highest BCUT2D eigenvalue weighted by Gasteiger charge is 2.26. The van der Waals surface area contributed by atoms with Crippen LogP contribution in [0.3, 0.4) is 0 Å². The Morgan fingerprint density at radius 2 is 2.32 bits per heavy atom. The van der Waals surface area contributed by atoms with Gasteiger partial charge in [0.25, 0.3) is 0 Å². The second-order valence-corrected chi connectivity index (χ2v) is 4.77. The Morgan fingerprint density at radius 1 is 1.53 bits per heavy atom. The number of amides is 1. The molecule has 4 nitrogen and oxygen atoms in total. The molecule has 0 aliphatic carbocycles. The van der Waals surface area contributed by atoms with Crippen molar-refractivity contribution >= 4 is 5.91 Å². The molecule has 1 aliphatic heterocycles. The molecule has 1 heterocycles. The SMILES string of the molecule is CCN(Cc1ccccc1C#N)C(=O)C1CCCN1. The summed E-state index contributed by atoms with van der Waals surface area (Å²) in [6.45, 7) is 4.07. The van der Waals surface area contributed by atoms with Crippen molar-refractivity contribution in [3.8, 4) is 6.07 Å². The molecule has 0 aromatic heterocycles. The first-order chi connectivity index (χ1) is 9.26. The number of carbonyl (C=O) groups excluding carboxylic acids is 1. The molecule has 1 atom stereocenters. The van der Waals surface area contributed by atoms with Crippen LogP contribution in [0.2, 0.25) is 0 Å². The van der Waals surface area contributed by atoms with Gasteiger partial charge in [-0.25, -0.2) is 0 Å². The quantitative estimate of drug-likeness (QED) is 0.892. The molecule has 1 fully saturated rings. The summed E-state index contributed by atoms with van der Waals surface area (Å²) in [4.78, 5) is 14.2. The minimum absolute atomic E-state index is 0.0470. The Bertz CT molecular complexity index is 486. The van der Waals surface area contributed by atoms with Crippen LogP contribution < -0.4 is 5.32 Å². The predicted octanol–water partition coefficient (Wildman–Crippen LogP) is 1.66. The summed E-state index contributed by atoms with van der Waals surface area (Å²) in [6, 6.07) is 9.59. The van der Waals surface area contributed by atoms with Crippen LogP contribution in [0.1, 0.15) is 30.9 Å². The first-order valence-electron chi connectivity index (χ1n) is 6.76. The van der Waals surface area contributed by atoms with E-state index in [-0.39, 0.29) is 11.9 Å². The van der Waals surface area contributed by atoms with Gasteiger partial charge in [0.05, 0.1) is 17.7 Å². The first kappa shape index (κ1) is 13.6. The molecule has 1 unspecified atom stereocenters. The van der Waals surface area contributed by atoms with Crippen molar-refractivity contribution < 1.29 is 4.79 Å². The maximum absolute atomic E-state index is 12.4. The van der Waals surface area contributed by atoms with E-state index >= 15 is 0 Å². The van der Waals surface area contributed by atoms with Crippen molar-refractivity contribution in [2.45, 2.75) is 32.4 Å². The van der Waals surface area contributed by atoms with Crippen LogP contribution in [0.25, 0.3) is 0 Å². The highest BCUT2D eigenvalue weighted by molar-refractivity contribution is 5.82. The van der Waals surface area contributed by atoms with Gasteiger partial charge in [0.1, 0.15) is 0 Å². The van der Waals surface area contributed by atoms with Crippen molar-refractivity contribution in [3.63, 3.8) is 0 Å². The summed E-state index contributed by atoms with van der Waals surface area (Å²) in [7, 11) is 0. The van der Waals surface area contributed by atoms with Crippen molar-refractivity contribution in [3.05, 3.63) is 35.4 Å². The van der Waals surface area contributed by atoms with Gasteiger partial charge in [-0.05, 0) is 37.9 Å². The number of benzene rings is 1. The molecule has 1 amide bonds. The molecular weight excluding hydrogens is 238 g/mol. The van der Waals surface area contributed by atoms with Gasteiger partial charge in [-0.15, -0.1) is 0 Å². The van der Waals surface area contributed by atoms with Crippen LogP contribution in [0.5, 0.6) is 0 Å². The molecule has 0 saturated carbocycles. The maximum atomic E-state index is 12.4. The van der Waals surface area contributed by atoms with Gasteiger partial charge in [0, 0.05) is 13.1 Å². The fraction of sp³-hybridized carbons (Fsp3) is 0.467. The van der Waals surface area contributed by atoms with E-state index in [2.05, 4.69) is 11.4 Å². The second kappa shape index (κ2) is 6.35. The van der Waals surface area contributed by atoms with Gasteiger partial charge in [0.15, 0.2) is 0 Å². The lowest BCUT2D eigenvalue weighted by molar-refractivity contribution is -0.133. The Balaban J connectivity index is 2.10. The lowest BCUT2D eigenvalue weighted by atomic mass is 10.1. The third kappa shape index (κ3) is 3.12. The summed E-state index contributed by atoms with van der Waals surface area (Å²) in [5.41, 5.74) is 1.56. The summed E-state index contributed by atoms with van der Waals surface area (Å²) >= 11 is 0. The minimum atomic E-state index is -0.0470. The smallest absolute Gasteiger partial charge is 0.239 e. The number of carbonyl (C=O) groups is 1. The first-order valence-corrected chi connectivity index (χ1v) is 6.76. The normalized spacial score (nSPS) is 18.0. The average molecular weight is 257 g/mol. The van der Waals surface area contributed by atoms with Crippen molar-refractivity contribution in [1.29, 1.82) is 5.26 Å². The monoisotopic (exact) mass is 257 g/mol. The maximum Gasteiger partial charge on any atom is 0.239 e. The van der Waals surface area contributed by atoms with E-state index in [9.17, 15) is 4.79 Å². The standard InChI is InChI=1S/C15H19N3O/c1-2-18(15(19)14-8-5-9-17-14)11-13-7-4-3-6-12(13)10-16/h3-4,6-7,14,17H,2,5,8-9,11H2,1H3. The second-order valence-electron chi connectivity index (χ2n) is 4.77. The zero-order valence-corrected chi connectivity index (χ0v) is 11.2. The van der Waals surface area contributed by atoms with Crippen LogP contribution >= 0.6 is 0 Å². The number of nitriles is 1. The minimum Gasteiger partial charge on any atom is -0.337 e. The molecular formula is C15H19N3O. The number of likely N-dealkylation sites (N-methyl/N-ethyl adjacent to an activating group) is 1. The molecule has 1 saturated heterocycles. The fourth-order valence-electron chi connectivity index (χ4n) is 2.43. The van der Waals surface area contributed by atoms with E-state index in [1.165, 1.54) is 0 Å². The molecule has 1 aromatic rings. The third-order valence-corrected chi connectivity index (χ3v) is 3.55. The molecule has 0 radical (unpaired) electrons. The highest BCUT2D eigenvalue weighted by Crippen LogP contribution is 2.14. The van der Waals surface area contributed by atoms with E-state index in [1.807, 2.05) is 30.0 Å². The fourth-order valence-corrected chi connectivity index (χ4v) is 2.43. The number of hydrogen-bond acceptors (Lipinski definition) is 3. The zero-order valence-electron chi connectivity index (χ0n) is 11.2. The van der Waals surface area contributed by atoms with Crippen LogP contribution in [-0.4, -0.2) is 29.9 Å². The van der Waals surface area contributed by atoms with E-state index in [4.69, 9.17) is 5.26 Å². The summed E-state index contributed by atoms with van der Waals surface area (Å²) in [5.74, 6) is 0.146. The molecule has 0 bridgehead atoms. The Morgan fingerprint density at radius 3 is 2.95 bits per heavy atom. The van der Waals surface area contributed by atoms with Crippen LogP contribution in [0.15, 0.2) is 24.3 Å². The zero-order chi connectivity index (χ0) is 13.7. The number of rotatable bonds is 4. The summed E-state index contributed by atoms with van der Waals surface area (Å²) < 4.78 is 0. The van der Waals surface area contributed by atoms with Gasteiger partial charge in [0.2, 0.25) is 5.91 Å². The molecule has 0 spiro atoms. The molecule has 100 valence electrons. The van der Waals surface area contributed by atoms with E-state index < -0.39 is 0 Å². The largest absolute Gasteiger partial charge is 0.337 e. The Hall–Kier alpha value is -1.86. The molecule has 1 aromatic carbocycles. The van der Waals surface area contributed by atoms with Crippen LogP contribution in [0, 0.1) is 11.3 Å². The number of nitrogens with zero attached hydrogens (tertiary/aromatic N) is 2. The molecule has 1 N–H and O–H groups in total. The van der Waals surface area contributed by atoms with E-state index in [0.29, 0.717) is 18.7 Å². The molecule has 2 rings (SSSR count). The molecule has 4 heteroatoms. The average Bonchev–Trinajstić information content (AvgIpc) is 2.98. The predicted molar refractivity (Wildman–Crippen MR) is 73.3 cm³/mol. The third-order valence-electron chi connectivity index (χ3n) is 3.55. The van der Waals surface area contributed by atoms with Gasteiger partial charge in [-0.3, -0.25) is 4.79 Å². The van der Waals surface area contributed by atoms with E-state index in [0.717, 1.165) is 24.9 Å². The van der Waals surface area contributed by atoms with Crippen LogP contribution in [-0.2, 0) is 11.3 Å². The molecule has 19 heavy (non-hydrogen) atoms. The van der Waals surface area contributed by atoms with Crippen molar-refractivity contribution in [2.24, 2.45) is 0 Å². The van der Waals surface area contributed by atoms with Crippen molar-refractivity contribution in [1.82, 2.24) is 10.2 Å². The van der Waals surface area contributed by atoms with Crippen LogP contribution in [0.4, 0.5) is 0 Å². The Kier molecular flexibility index (Phi) is 4.53. The number of hydrogen-bond donors (Lipinski definition) is 1.